The summed E-state index contributed by atoms with van der Waals surface area (Å²) >= 11 is 0. The summed E-state index contributed by atoms with van der Waals surface area (Å²) in [6, 6.07) is 14.2. The molecule has 3 N–H and O–H groups in total. The summed E-state index contributed by atoms with van der Waals surface area (Å²) < 4.78 is 5.25. The SMILES string of the molecule is O=C(CNC(=O)COc1ccccc1)NC[C@H](O)c1ccc([N+](=O)[O-])cc1. The van der Waals surface area contributed by atoms with E-state index in [0.717, 1.165) is 0 Å². The van der Waals surface area contributed by atoms with E-state index in [2.05, 4.69) is 10.6 Å². The molecule has 0 aliphatic carbocycles. The third-order valence-corrected chi connectivity index (χ3v) is 3.54. The molecule has 142 valence electrons. The Kier molecular flexibility index (Phi) is 7.26. The molecule has 0 aliphatic rings. The van der Waals surface area contributed by atoms with Crippen LogP contribution in [0.3, 0.4) is 0 Å². The standard InChI is InChI=1S/C18H19N3O6/c22-16(13-6-8-14(9-7-13)21(25)26)10-19-17(23)11-20-18(24)12-27-15-4-2-1-3-5-15/h1-9,16,22H,10-12H2,(H,19,23)(H,20,24)/t16-/m0/s1. The van der Waals surface area contributed by atoms with E-state index in [1.165, 1.54) is 24.3 Å². The first kappa shape index (κ1) is 19.9. The van der Waals surface area contributed by atoms with Crippen LogP contribution in [0, 0.1) is 10.1 Å². The number of nitro groups is 1. The molecule has 2 amide bonds. The summed E-state index contributed by atoms with van der Waals surface area (Å²) in [6.07, 6.45) is -1.02. The van der Waals surface area contributed by atoms with E-state index >= 15 is 0 Å². The number of benzene rings is 2. The Labute approximate surface area is 155 Å². The van der Waals surface area contributed by atoms with E-state index in [9.17, 15) is 24.8 Å². The predicted octanol–water partition coefficient (Wildman–Crippen LogP) is 0.940. The highest BCUT2D eigenvalue weighted by atomic mass is 16.6. The smallest absolute Gasteiger partial charge is 0.269 e. The molecular weight excluding hydrogens is 354 g/mol. The van der Waals surface area contributed by atoms with Gasteiger partial charge < -0.3 is 20.5 Å². The lowest BCUT2D eigenvalue weighted by molar-refractivity contribution is -0.384. The lowest BCUT2D eigenvalue weighted by Crippen LogP contribution is -2.40. The number of non-ortho nitro benzene ring substituents is 1. The molecule has 0 saturated carbocycles. The minimum absolute atomic E-state index is 0.0876. The number of hydrogen-bond acceptors (Lipinski definition) is 6. The van der Waals surface area contributed by atoms with Gasteiger partial charge in [0.2, 0.25) is 5.91 Å². The molecule has 0 bridgehead atoms. The molecular formula is C18H19N3O6. The topological polar surface area (TPSA) is 131 Å². The van der Waals surface area contributed by atoms with Crippen molar-refractivity contribution < 1.29 is 24.4 Å². The van der Waals surface area contributed by atoms with Crippen molar-refractivity contribution in [3.8, 4) is 5.75 Å². The fourth-order valence-electron chi connectivity index (χ4n) is 2.10. The first-order valence-corrected chi connectivity index (χ1v) is 8.09. The molecule has 0 saturated heterocycles. The van der Waals surface area contributed by atoms with Crippen molar-refractivity contribution in [1.29, 1.82) is 0 Å². The molecule has 0 fully saturated rings. The van der Waals surface area contributed by atoms with Crippen LogP contribution >= 0.6 is 0 Å². The normalized spacial score (nSPS) is 11.3. The third-order valence-electron chi connectivity index (χ3n) is 3.54. The second kappa shape index (κ2) is 9.88. The molecule has 0 aromatic heterocycles. The maximum Gasteiger partial charge on any atom is 0.269 e. The number of ether oxygens (including phenoxy) is 1. The molecule has 2 aromatic carbocycles. The molecule has 0 aliphatic heterocycles. The summed E-state index contributed by atoms with van der Waals surface area (Å²) in [5.74, 6) is -0.391. The first-order chi connectivity index (χ1) is 13.0. The maximum absolute atomic E-state index is 11.7. The van der Waals surface area contributed by atoms with E-state index < -0.39 is 22.8 Å². The second-order valence-corrected chi connectivity index (χ2v) is 5.55. The molecule has 9 heteroatoms. The van der Waals surface area contributed by atoms with Crippen molar-refractivity contribution >= 4 is 17.5 Å². The zero-order chi connectivity index (χ0) is 19.6. The molecule has 2 aromatic rings. The van der Waals surface area contributed by atoms with Gasteiger partial charge in [0.15, 0.2) is 6.61 Å². The zero-order valence-electron chi connectivity index (χ0n) is 14.3. The number of carbonyl (C=O) groups is 2. The Bertz CT molecular complexity index is 779. The van der Waals surface area contributed by atoms with Gasteiger partial charge in [0.1, 0.15) is 5.75 Å². The Morgan fingerprint density at radius 3 is 2.33 bits per heavy atom. The lowest BCUT2D eigenvalue weighted by atomic mass is 10.1. The Balaban J connectivity index is 1.67. The maximum atomic E-state index is 11.7. The number of aliphatic hydroxyl groups excluding tert-OH is 1. The van der Waals surface area contributed by atoms with Crippen molar-refractivity contribution in [2.75, 3.05) is 19.7 Å². The summed E-state index contributed by atoms with van der Waals surface area (Å²) in [5, 5.41) is 25.5. The van der Waals surface area contributed by atoms with Gasteiger partial charge in [0, 0.05) is 18.7 Å². The van der Waals surface area contributed by atoms with Crippen molar-refractivity contribution in [3.63, 3.8) is 0 Å². The van der Waals surface area contributed by atoms with Gasteiger partial charge in [-0.2, -0.15) is 0 Å². The molecule has 2 rings (SSSR count). The second-order valence-electron chi connectivity index (χ2n) is 5.55. The average Bonchev–Trinajstić information content (AvgIpc) is 2.69. The van der Waals surface area contributed by atoms with E-state index in [1.807, 2.05) is 6.07 Å². The van der Waals surface area contributed by atoms with Crippen LogP contribution in [0.1, 0.15) is 11.7 Å². The van der Waals surface area contributed by atoms with Gasteiger partial charge >= 0.3 is 0 Å². The zero-order valence-corrected chi connectivity index (χ0v) is 14.3. The van der Waals surface area contributed by atoms with Crippen LogP contribution in [-0.2, 0) is 9.59 Å². The molecule has 1 atom stereocenters. The Hall–Kier alpha value is -3.46. The van der Waals surface area contributed by atoms with Crippen LogP contribution < -0.4 is 15.4 Å². The minimum atomic E-state index is -1.02. The van der Waals surface area contributed by atoms with Crippen LogP contribution in [0.25, 0.3) is 0 Å². The van der Waals surface area contributed by atoms with Gasteiger partial charge in [-0.05, 0) is 29.8 Å². The van der Waals surface area contributed by atoms with Gasteiger partial charge in [0.25, 0.3) is 11.6 Å². The van der Waals surface area contributed by atoms with E-state index in [4.69, 9.17) is 4.74 Å². The Morgan fingerprint density at radius 2 is 1.70 bits per heavy atom. The number of para-hydroxylation sites is 1. The van der Waals surface area contributed by atoms with Crippen LogP contribution in [0.5, 0.6) is 5.75 Å². The fraction of sp³-hybridized carbons (Fsp3) is 0.222. The van der Waals surface area contributed by atoms with Gasteiger partial charge in [-0.3, -0.25) is 19.7 Å². The number of nitrogens with zero attached hydrogens (tertiary/aromatic N) is 1. The van der Waals surface area contributed by atoms with Crippen molar-refractivity contribution in [2.24, 2.45) is 0 Å². The number of hydrogen-bond donors (Lipinski definition) is 3. The number of rotatable bonds is 9. The Morgan fingerprint density at radius 1 is 1.04 bits per heavy atom. The minimum Gasteiger partial charge on any atom is -0.484 e. The first-order valence-electron chi connectivity index (χ1n) is 8.09. The van der Waals surface area contributed by atoms with E-state index in [1.54, 1.807) is 24.3 Å². The average molecular weight is 373 g/mol. The van der Waals surface area contributed by atoms with Crippen LogP contribution in [0.2, 0.25) is 0 Å². The quantitative estimate of drug-likeness (QED) is 0.443. The van der Waals surface area contributed by atoms with E-state index in [-0.39, 0.29) is 25.4 Å². The van der Waals surface area contributed by atoms with Crippen molar-refractivity contribution in [3.05, 3.63) is 70.3 Å². The summed E-state index contributed by atoms with van der Waals surface area (Å²) in [4.78, 5) is 33.4. The van der Waals surface area contributed by atoms with E-state index in [0.29, 0.717) is 11.3 Å². The molecule has 9 nitrogen and oxygen atoms in total. The number of amides is 2. The number of aliphatic hydroxyl groups is 1. The largest absolute Gasteiger partial charge is 0.484 e. The number of carbonyl (C=O) groups excluding carboxylic acids is 2. The summed E-state index contributed by atoms with van der Waals surface area (Å²) in [6.45, 7) is -0.570. The highest BCUT2D eigenvalue weighted by Crippen LogP contribution is 2.17. The summed E-state index contributed by atoms with van der Waals surface area (Å²) in [7, 11) is 0. The van der Waals surface area contributed by atoms with Crippen molar-refractivity contribution in [2.45, 2.75) is 6.10 Å². The highest BCUT2D eigenvalue weighted by molar-refractivity contribution is 5.85. The van der Waals surface area contributed by atoms with Gasteiger partial charge in [-0.15, -0.1) is 0 Å². The van der Waals surface area contributed by atoms with Crippen LogP contribution in [0.15, 0.2) is 54.6 Å². The molecule has 0 spiro atoms. The van der Waals surface area contributed by atoms with Crippen LogP contribution in [0.4, 0.5) is 5.69 Å². The van der Waals surface area contributed by atoms with Crippen molar-refractivity contribution in [1.82, 2.24) is 10.6 Å². The van der Waals surface area contributed by atoms with Gasteiger partial charge in [-0.25, -0.2) is 0 Å². The van der Waals surface area contributed by atoms with Gasteiger partial charge in [0.05, 0.1) is 17.6 Å². The third kappa shape index (κ3) is 6.75. The number of nitro benzene ring substituents is 1. The van der Waals surface area contributed by atoms with Crippen LogP contribution in [-0.4, -0.2) is 41.5 Å². The highest BCUT2D eigenvalue weighted by Gasteiger charge is 2.12. The monoisotopic (exact) mass is 373 g/mol. The van der Waals surface area contributed by atoms with Gasteiger partial charge in [-0.1, -0.05) is 18.2 Å². The fourth-order valence-corrected chi connectivity index (χ4v) is 2.10. The molecule has 0 radical (unpaired) electrons. The lowest BCUT2D eigenvalue weighted by Gasteiger charge is -2.12. The molecule has 27 heavy (non-hydrogen) atoms. The molecule has 0 heterocycles. The summed E-state index contributed by atoms with van der Waals surface area (Å²) in [5.41, 5.74) is 0.344. The predicted molar refractivity (Wildman–Crippen MR) is 96.0 cm³/mol. The molecule has 0 unspecified atom stereocenters. The number of nitrogens with one attached hydrogen (secondary N) is 2.